The van der Waals surface area contributed by atoms with E-state index in [0.29, 0.717) is 28.8 Å². The molecule has 2 rings (SSSR count). The Morgan fingerprint density at radius 2 is 1.78 bits per heavy atom. The van der Waals surface area contributed by atoms with E-state index in [2.05, 4.69) is 10.3 Å². The first-order chi connectivity index (χ1) is 10.9. The third-order valence-corrected chi connectivity index (χ3v) is 4.84. The fourth-order valence-electron chi connectivity index (χ4n) is 2.45. The first-order valence-electron chi connectivity index (χ1n) is 7.71. The van der Waals surface area contributed by atoms with Crippen LogP contribution in [-0.2, 0) is 0 Å². The van der Waals surface area contributed by atoms with Crippen LogP contribution in [0.15, 0.2) is 12.1 Å². The summed E-state index contributed by atoms with van der Waals surface area (Å²) in [6, 6.07) is 3.73. The lowest BCUT2D eigenvalue weighted by molar-refractivity contribution is 0.0777. The number of benzene rings is 1. The predicted octanol–water partition coefficient (Wildman–Crippen LogP) is 4.00. The molecular formula is C17H23N3O2S. The van der Waals surface area contributed by atoms with Gasteiger partial charge in [-0.2, -0.15) is 0 Å². The molecule has 1 heterocycles. The Labute approximate surface area is 141 Å². The molecule has 0 saturated carbocycles. The quantitative estimate of drug-likeness (QED) is 0.812. The fraction of sp³-hybridized carbons (Fsp3) is 0.412. The number of phenols is 1. The fourth-order valence-corrected chi connectivity index (χ4v) is 3.41. The molecule has 0 unspecified atom stereocenters. The van der Waals surface area contributed by atoms with Crippen LogP contribution in [0.4, 0.5) is 10.8 Å². The second-order valence-corrected chi connectivity index (χ2v) is 6.49. The molecule has 0 fully saturated rings. The average molecular weight is 333 g/mol. The molecule has 2 aromatic rings. The minimum absolute atomic E-state index is 0.0242. The number of aromatic hydroxyl groups is 1. The highest BCUT2D eigenvalue weighted by Crippen LogP contribution is 2.30. The zero-order valence-electron chi connectivity index (χ0n) is 14.2. The highest BCUT2D eigenvalue weighted by Gasteiger charge is 2.19. The number of nitrogens with one attached hydrogen (secondary N) is 1. The molecule has 6 heteroatoms. The zero-order valence-corrected chi connectivity index (χ0v) is 15.0. The number of carbonyl (C=O) groups is 1. The van der Waals surface area contributed by atoms with Crippen molar-refractivity contribution in [3.05, 3.63) is 33.8 Å². The van der Waals surface area contributed by atoms with Crippen molar-refractivity contribution in [3.8, 4) is 5.75 Å². The number of thiazole rings is 1. The molecule has 1 amide bonds. The number of aryl methyl sites for hydroxylation is 3. The number of phenolic OH excluding ortho intramolecular Hbond substituents is 1. The van der Waals surface area contributed by atoms with Gasteiger partial charge in [-0.25, -0.2) is 4.98 Å². The summed E-state index contributed by atoms with van der Waals surface area (Å²) in [7, 11) is 0. The zero-order chi connectivity index (χ0) is 17.1. The molecule has 1 aromatic heterocycles. The van der Waals surface area contributed by atoms with Crippen LogP contribution in [0.1, 0.15) is 40.3 Å². The molecular weight excluding hydrogens is 310 g/mol. The van der Waals surface area contributed by atoms with Gasteiger partial charge < -0.3 is 15.3 Å². The van der Waals surface area contributed by atoms with Crippen molar-refractivity contribution in [1.29, 1.82) is 0 Å². The van der Waals surface area contributed by atoms with Crippen LogP contribution >= 0.6 is 11.3 Å². The molecule has 124 valence electrons. The van der Waals surface area contributed by atoms with Crippen LogP contribution in [0, 0.1) is 20.8 Å². The van der Waals surface area contributed by atoms with Gasteiger partial charge in [-0.3, -0.25) is 4.79 Å². The van der Waals surface area contributed by atoms with Gasteiger partial charge in [0.2, 0.25) is 0 Å². The highest BCUT2D eigenvalue weighted by atomic mass is 32.1. The van der Waals surface area contributed by atoms with Gasteiger partial charge in [-0.1, -0.05) is 11.3 Å². The smallest absolute Gasteiger partial charge is 0.265 e. The summed E-state index contributed by atoms with van der Waals surface area (Å²) in [6.45, 7) is 10.9. The average Bonchev–Trinajstić information content (AvgIpc) is 2.86. The second kappa shape index (κ2) is 7.00. The first-order valence-corrected chi connectivity index (χ1v) is 8.52. The number of amides is 1. The Morgan fingerprint density at radius 1 is 1.22 bits per heavy atom. The third-order valence-electron chi connectivity index (χ3n) is 3.78. The van der Waals surface area contributed by atoms with Crippen molar-refractivity contribution < 1.29 is 9.90 Å². The van der Waals surface area contributed by atoms with Gasteiger partial charge in [-0.05, 0) is 57.9 Å². The molecule has 23 heavy (non-hydrogen) atoms. The van der Waals surface area contributed by atoms with Gasteiger partial charge in [0.15, 0.2) is 5.13 Å². The van der Waals surface area contributed by atoms with Crippen LogP contribution < -0.4 is 5.32 Å². The summed E-state index contributed by atoms with van der Waals surface area (Å²) in [6.07, 6.45) is 0. The van der Waals surface area contributed by atoms with Crippen LogP contribution in [0.2, 0.25) is 0 Å². The van der Waals surface area contributed by atoms with E-state index in [1.54, 1.807) is 4.90 Å². The summed E-state index contributed by atoms with van der Waals surface area (Å²) in [5, 5.41) is 13.8. The Hall–Kier alpha value is -2.08. The van der Waals surface area contributed by atoms with Crippen LogP contribution in [0.3, 0.4) is 0 Å². The standard InChI is InChI=1S/C17H23N3O2S/c1-6-20(7-2)16(22)15-12(5)18-17(23-15)19-13-8-10(3)14(21)11(4)9-13/h8-9,21H,6-7H2,1-5H3,(H,18,19). The Bertz CT molecular complexity index is 698. The first kappa shape index (κ1) is 17.3. The highest BCUT2D eigenvalue weighted by molar-refractivity contribution is 7.17. The number of nitrogens with zero attached hydrogens (tertiary/aromatic N) is 2. The normalized spacial score (nSPS) is 10.7. The van der Waals surface area contributed by atoms with Crippen molar-refractivity contribution in [2.45, 2.75) is 34.6 Å². The molecule has 0 atom stereocenters. The van der Waals surface area contributed by atoms with E-state index in [1.165, 1.54) is 11.3 Å². The van der Waals surface area contributed by atoms with E-state index in [-0.39, 0.29) is 5.91 Å². The number of aromatic nitrogens is 1. The maximum absolute atomic E-state index is 12.5. The molecule has 0 radical (unpaired) electrons. The van der Waals surface area contributed by atoms with E-state index in [4.69, 9.17) is 0 Å². The summed E-state index contributed by atoms with van der Waals surface area (Å²) >= 11 is 1.36. The van der Waals surface area contributed by atoms with Gasteiger partial charge in [-0.15, -0.1) is 0 Å². The molecule has 1 aromatic carbocycles. The number of carbonyl (C=O) groups excluding carboxylic acids is 1. The molecule has 0 aliphatic carbocycles. The lowest BCUT2D eigenvalue weighted by atomic mass is 10.1. The van der Waals surface area contributed by atoms with Gasteiger partial charge in [0.25, 0.3) is 5.91 Å². The molecule has 0 aliphatic heterocycles. The number of rotatable bonds is 5. The Morgan fingerprint density at radius 3 is 2.30 bits per heavy atom. The number of anilines is 2. The molecule has 0 aliphatic rings. The summed E-state index contributed by atoms with van der Waals surface area (Å²) in [4.78, 5) is 19.4. The van der Waals surface area contributed by atoms with E-state index < -0.39 is 0 Å². The second-order valence-electron chi connectivity index (χ2n) is 5.49. The van der Waals surface area contributed by atoms with Gasteiger partial charge in [0.1, 0.15) is 10.6 Å². The molecule has 5 nitrogen and oxygen atoms in total. The van der Waals surface area contributed by atoms with E-state index in [1.807, 2.05) is 46.8 Å². The Kier molecular flexibility index (Phi) is 5.26. The van der Waals surface area contributed by atoms with Crippen molar-refractivity contribution in [3.63, 3.8) is 0 Å². The SMILES string of the molecule is CCN(CC)C(=O)c1sc(Nc2cc(C)c(O)c(C)c2)nc1C. The lowest BCUT2D eigenvalue weighted by Crippen LogP contribution is -2.30. The largest absolute Gasteiger partial charge is 0.507 e. The molecule has 0 spiro atoms. The summed E-state index contributed by atoms with van der Waals surface area (Å²) < 4.78 is 0. The summed E-state index contributed by atoms with van der Waals surface area (Å²) in [5.74, 6) is 0.333. The van der Waals surface area contributed by atoms with E-state index in [0.717, 1.165) is 22.5 Å². The minimum Gasteiger partial charge on any atom is -0.507 e. The van der Waals surface area contributed by atoms with Crippen LogP contribution in [0.25, 0.3) is 0 Å². The summed E-state index contributed by atoms with van der Waals surface area (Å²) in [5.41, 5.74) is 3.20. The van der Waals surface area contributed by atoms with Gasteiger partial charge in [0, 0.05) is 18.8 Å². The van der Waals surface area contributed by atoms with Crippen molar-refractivity contribution in [2.75, 3.05) is 18.4 Å². The minimum atomic E-state index is 0.0242. The topological polar surface area (TPSA) is 65.5 Å². The van der Waals surface area contributed by atoms with Gasteiger partial charge in [0.05, 0.1) is 5.69 Å². The van der Waals surface area contributed by atoms with Crippen LogP contribution in [0.5, 0.6) is 5.75 Å². The van der Waals surface area contributed by atoms with E-state index in [9.17, 15) is 9.90 Å². The van der Waals surface area contributed by atoms with Crippen molar-refractivity contribution in [1.82, 2.24) is 9.88 Å². The Balaban J connectivity index is 2.26. The van der Waals surface area contributed by atoms with Gasteiger partial charge >= 0.3 is 0 Å². The monoisotopic (exact) mass is 333 g/mol. The third kappa shape index (κ3) is 3.64. The van der Waals surface area contributed by atoms with Crippen LogP contribution in [-0.4, -0.2) is 34.0 Å². The maximum atomic E-state index is 12.5. The maximum Gasteiger partial charge on any atom is 0.265 e. The predicted molar refractivity (Wildman–Crippen MR) is 95.0 cm³/mol. The molecule has 0 bridgehead atoms. The number of hydrogen-bond acceptors (Lipinski definition) is 5. The van der Waals surface area contributed by atoms with Crippen molar-refractivity contribution >= 4 is 28.1 Å². The van der Waals surface area contributed by atoms with Crippen molar-refractivity contribution in [2.24, 2.45) is 0 Å². The number of hydrogen-bond donors (Lipinski definition) is 2. The molecule has 2 N–H and O–H groups in total. The lowest BCUT2D eigenvalue weighted by Gasteiger charge is -2.17. The van der Waals surface area contributed by atoms with E-state index >= 15 is 0 Å². The molecule has 0 saturated heterocycles.